The van der Waals surface area contributed by atoms with Gasteiger partial charge >= 0.3 is 0 Å². The van der Waals surface area contributed by atoms with Crippen molar-refractivity contribution in [3.05, 3.63) is 70.7 Å². The minimum atomic E-state index is -0.450. The van der Waals surface area contributed by atoms with Gasteiger partial charge in [0, 0.05) is 43.6 Å². The highest BCUT2D eigenvalue weighted by atomic mass is 35.5. The molecule has 2 unspecified atom stereocenters. The topological polar surface area (TPSA) is 26.7 Å². The van der Waals surface area contributed by atoms with Crippen LogP contribution in [0, 0.1) is 0 Å². The van der Waals surface area contributed by atoms with E-state index in [0.717, 1.165) is 31.2 Å². The Morgan fingerprint density at radius 3 is 2.08 bits per heavy atom. The maximum absolute atomic E-state index is 9.77. The fourth-order valence-electron chi connectivity index (χ4n) is 3.45. The number of nitrogens with zero attached hydrogens (tertiary/aromatic N) is 2. The SMILES string of the molecule is OC(CCl)CN1CCN(C(c2ccccc2)c2ccc(Cl)cc2)CC1. The molecule has 2 atom stereocenters. The van der Waals surface area contributed by atoms with E-state index in [4.69, 9.17) is 23.2 Å². The summed E-state index contributed by atoms with van der Waals surface area (Å²) in [5.74, 6) is 0.289. The summed E-state index contributed by atoms with van der Waals surface area (Å²) < 4.78 is 0. The van der Waals surface area contributed by atoms with Gasteiger partial charge in [-0.3, -0.25) is 9.80 Å². The Balaban J connectivity index is 1.76. The largest absolute Gasteiger partial charge is 0.391 e. The van der Waals surface area contributed by atoms with E-state index in [1.807, 2.05) is 18.2 Å². The monoisotopic (exact) mass is 378 g/mol. The Kier molecular flexibility index (Phi) is 6.74. The third kappa shape index (κ3) is 4.96. The molecule has 3 rings (SSSR count). The summed E-state index contributed by atoms with van der Waals surface area (Å²) in [5, 5.41) is 10.5. The maximum atomic E-state index is 9.77. The zero-order valence-corrected chi connectivity index (χ0v) is 15.7. The molecule has 134 valence electrons. The van der Waals surface area contributed by atoms with Crippen molar-refractivity contribution in [2.45, 2.75) is 12.1 Å². The fraction of sp³-hybridized carbons (Fsp3) is 0.400. The summed E-state index contributed by atoms with van der Waals surface area (Å²) >= 11 is 11.8. The molecule has 1 N–H and O–H groups in total. The number of alkyl halides is 1. The molecule has 1 saturated heterocycles. The van der Waals surface area contributed by atoms with E-state index in [2.05, 4.69) is 46.2 Å². The summed E-state index contributed by atoms with van der Waals surface area (Å²) in [6, 6.07) is 19.0. The van der Waals surface area contributed by atoms with E-state index in [9.17, 15) is 5.11 Å². The standard InChI is InChI=1S/C20H24Cl2N2O/c21-14-19(25)15-23-10-12-24(13-11-23)20(16-4-2-1-3-5-16)17-6-8-18(22)9-7-17/h1-9,19-20,25H,10-15H2. The summed E-state index contributed by atoms with van der Waals surface area (Å²) in [7, 11) is 0. The van der Waals surface area contributed by atoms with Crippen LogP contribution in [0.1, 0.15) is 17.2 Å². The van der Waals surface area contributed by atoms with Gasteiger partial charge in [0.05, 0.1) is 12.1 Å². The summed E-state index contributed by atoms with van der Waals surface area (Å²) in [5.41, 5.74) is 2.55. The highest BCUT2D eigenvalue weighted by Gasteiger charge is 2.26. The van der Waals surface area contributed by atoms with Crippen LogP contribution < -0.4 is 0 Å². The van der Waals surface area contributed by atoms with Crippen LogP contribution in [-0.2, 0) is 0 Å². The van der Waals surface area contributed by atoms with Gasteiger partial charge in [0.15, 0.2) is 0 Å². The van der Waals surface area contributed by atoms with Gasteiger partial charge in [-0.15, -0.1) is 11.6 Å². The number of benzene rings is 2. The van der Waals surface area contributed by atoms with Gasteiger partial charge < -0.3 is 5.11 Å². The molecule has 0 aromatic heterocycles. The number of halogens is 2. The van der Waals surface area contributed by atoms with E-state index in [1.165, 1.54) is 11.1 Å². The predicted molar refractivity (Wildman–Crippen MR) is 104 cm³/mol. The first-order valence-corrected chi connectivity index (χ1v) is 9.59. The minimum Gasteiger partial charge on any atom is -0.391 e. The molecular formula is C20H24Cl2N2O. The minimum absolute atomic E-state index is 0.221. The van der Waals surface area contributed by atoms with Crippen molar-refractivity contribution in [2.75, 3.05) is 38.6 Å². The second kappa shape index (κ2) is 9.02. The van der Waals surface area contributed by atoms with Gasteiger partial charge in [-0.2, -0.15) is 0 Å². The van der Waals surface area contributed by atoms with Gasteiger partial charge in [0.25, 0.3) is 0 Å². The fourth-order valence-corrected chi connectivity index (χ4v) is 3.67. The van der Waals surface area contributed by atoms with Crippen LogP contribution in [0.4, 0.5) is 0 Å². The van der Waals surface area contributed by atoms with E-state index < -0.39 is 6.10 Å². The van der Waals surface area contributed by atoms with Crippen molar-refractivity contribution in [3.63, 3.8) is 0 Å². The number of β-amino-alcohol motifs (C(OH)–C–C–N with tert-alkyl or cyclic N) is 1. The molecule has 1 fully saturated rings. The summed E-state index contributed by atoms with van der Waals surface area (Å²) in [4.78, 5) is 4.79. The number of rotatable bonds is 6. The first kappa shape index (κ1) is 18.7. The summed E-state index contributed by atoms with van der Waals surface area (Å²) in [6.45, 7) is 4.43. The lowest BCUT2D eigenvalue weighted by molar-refractivity contribution is 0.0704. The molecule has 5 heteroatoms. The number of aliphatic hydroxyl groups excluding tert-OH is 1. The van der Waals surface area contributed by atoms with E-state index in [-0.39, 0.29) is 11.9 Å². The Bertz CT molecular complexity index is 643. The average molecular weight is 379 g/mol. The van der Waals surface area contributed by atoms with Crippen LogP contribution in [0.15, 0.2) is 54.6 Å². The molecule has 2 aromatic rings. The van der Waals surface area contributed by atoms with Gasteiger partial charge in [0.2, 0.25) is 0 Å². The Hall–Kier alpha value is -1.10. The van der Waals surface area contributed by atoms with Crippen LogP contribution >= 0.6 is 23.2 Å². The van der Waals surface area contributed by atoms with Crippen molar-refractivity contribution < 1.29 is 5.11 Å². The van der Waals surface area contributed by atoms with E-state index >= 15 is 0 Å². The van der Waals surface area contributed by atoms with E-state index in [0.29, 0.717) is 6.54 Å². The lowest BCUT2D eigenvalue weighted by atomic mass is 9.96. The molecule has 0 radical (unpaired) electrons. The third-order valence-corrected chi connectivity index (χ3v) is 5.33. The molecule has 1 aliphatic rings. The molecular weight excluding hydrogens is 355 g/mol. The highest BCUT2D eigenvalue weighted by molar-refractivity contribution is 6.30. The summed E-state index contributed by atoms with van der Waals surface area (Å²) in [6.07, 6.45) is -0.450. The number of piperazine rings is 1. The molecule has 3 nitrogen and oxygen atoms in total. The Morgan fingerprint density at radius 2 is 1.48 bits per heavy atom. The Morgan fingerprint density at radius 1 is 0.880 bits per heavy atom. The third-order valence-electron chi connectivity index (χ3n) is 4.72. The molecule has 2 aromatic carbocycles. The number of hydrogen-bond donors (Lipinski definition) is 1. The predicted octanol–water partition coefficient (Wildman–Crippen LogP) is 3.65. The molecule has 0 saturated carbocycles. The molecule has 0 aliphatic carbocycles. The normalized spacial score (nSPS) is 18.8. The molecule has 0 bridgehead atoms. The van der Waals surface area contributed by atoms with Crippen LogP contribution in [0.2, 0.25) is 5.02 Å². The second-order valence-electron chi connectivity index (χ2n) is 6.51. The van der Waals surface area contributed by atoms with Crippen molar-refractivity contribution in [3.8, 4) is 0 Å². The zero-order chi connectivity index (χ0) is 17.6. The smallest absolute Gasteiger partial charge is 0.0802 e. The lowest BCUT2D eigenvalue weighted by Crippen LogP contribution is -2.49. The first-order valence-electron chi connectivity index (χ1n) is 8.68. The van der Waals surface area contributed by atoms with Crippen LogP contribution in [0.3, 0.4) is 0 Å². The van der Waals surface area contributed by atoms with Gasteiger partial charge in [-0.1, -0.05) is 54.1 Å². The van der Waals surface area contributed by atoms with Gasteiger partial charge in [0.1, 0.15) is 0 Å². The highest BCUT2D eigenvalue weighted by Crippen LogP contribution is 2.30. The van der Waals surface area contributed by atoms with Crippen LogP contribution in [-0.4, -0.2) is 59.6 Å². The quantitative estimate of drug-likeness (QED) is 0.777. The zero-order valence-electron chi connectivity index (χ0n) is 14.2. The van der Waals surface area contributed by atoms with Crippen molar-refractivity contribution in [2.24, 2.45) is 0 Å². The first-order chi connectivity index (χ1) is 12.2. The molecule has 25 heavy (non-hydrogen) atoms. The molecule has 0 amide bonds. The Labute approximate surface area is 159 Å². The van der Waals surface area contributed by atoms with E-state index in [1.54, 1.807) is 0 Å². The molecule has 1 heterocycles. The second-order valence-corrected chi connectivity index (χ2v) is 7.25. The van der Waals surface area contributed by atoms with Crippen LogP contribution in [0.25, 0.3) is 0 Å². The number of aliphatic hydroxyl groups is 1. The maximum Gasteiger partial charge on any atom is 0.0802 e. The van der Waals surface area contributed by atoms with Crippen LogP contribution in [0.5, 0.6) is 0 Å². The van der Waals surface area contributed by atoms with Crippen molar-refractivity contribution >= 4 is 23.2 Å². The van der Waals surface area contributed by atoms with Gasteiger partial charge in [-0.05, 0) is 23.3 Å². The molecule has 0 spiro atoms. The van der Waals surface area contributed by atoms with Gasteiger partial charge in [-0.25, -0.2) is 0 Å². The molecule has 1 aliphatic heterocycles. The number of hydrogen-bond acceptors (Lipinski definition) is 3. The lowest BCUT2D eigenvalue weighted by Gasteiger charge is -2.40. The van der Waals surface area contributed by atoms with Crippen molar-refractivity contribution in [1.82, 2.24) is 9.80 Å². The van der Waals surface area contributed by atoms with Crippen molar-refractivity contribution in [1.29, 1.82) is 0 Å². The average Bonchev–Trinajstić information content (AvgIpc) is 2.66.